The van der Waals surface area contributed by atoms with Gasteiger partial charge >= 0.3 is 11.7 Å². The van der Waals surface area contributed by atoms with Gasteiger partial charge in [-0.2, -0.15) is 0 Å². The van der Waals surface area contributed by atoms with Crippen LogP contribution >= 0.6 is 0 Å². The Morgan fingerprint density at radius 3 is 3.04 bits per heavy atom. The van der Waals surface area contributed by atoms with Gasteiger partial charge < -0.3 is 9.47 Å². The fourth-order valence-electron chi connectivity index (χ4n) is 2.74. The number of nitrogens with zero attached hydrogens (tertiary/aromatic N) is 2. The van der Waals surface area contributed by atoms with Crippen molar-refractivity contribution in [1.82, 2.24) is 14.5 Å². The summed E-state index contributed by atoms with van der Waals surface area (Å²) in [6.45, 7) is 3.22. The Bertz CT molecular complexity index is 864. The molecule has 3 heterocycles. The van der Waals surface area contributed by atoms with E-state index in [1.165, 1.54) is 16.8 Å². The molecule has 24 heavy (non-hydrogen) atoms. The second-order valence-corrected chi connectivity index (χ2v) is 5.74. The van der Waals surface area contributed by atoms with Gasteiger partial charge in [-0.05, 0) is 25.3 Å². The maximum atomic E-state index is 12.1. The molecule has 0 unspecified atom stereocenters. The molecule has 0 aliphatic carbocycles. The zero-order valence-corrected chi connectivity index (χ0v) is 13.4. The molecule has 0 radical (unpaired) electrons. The molecule has 8 heteroatoms. The van der Waals surface area contributed by atoms with Gasteiger partial charge in [0, 0.05) is 19.3 Å². The number of ether oxygens (including phenoxy) is 2. The fraction of sp³-hybridized carbons (Fsp3) is 0.500. The molecule has 128 valence electrons. The highest BCUT2D eigenvalue weighted by Gasteiger charge is 2.19. The summed E-state index contributed by atoms with van der Waals surface area (Å²) < 4.78 is 12.0. The minimum absolute atomic E-state index is 0.0690. The van der Waals surface area contributed by atoms with E-state index in [2.05, 4.69) is 9.97 Å². The summed E-state index contributed by atoms with van der Waals surface area (Å²) in [5.74, 6) is -0.562. The molecule has 1 atom stereocenters. The Morgan fingerprint density at radius 2 is 2.33 bits per heavy atom. The third-order valence-electron chi connectivity index (χ3n) is 3.94. The average molecular weight is 333 g/mol. The number of esters is 1. The molecule has 8 nitrogen and oxygen atoms in total. The zero-order valence-electron chi connectivity index (χ0n) is 13.4. The first-order valence-electron chi connectivity index (χ1n) is 8.01. The molecule has 3 rings (SSSR count). The standard InChI is InChI=1S/C16H19N3O5/c1-2-5-19-13-12(14(20)18-16(19)22)7-10(8-17-13)15(21)24-9-11-4-3-6-23-11/h7-8,11H,2-6,9H2,1H3,(H,18,20,22)/t11-/m1/s1. The van der Waals surface area contributed by atoms with Crippen molar-refractivity contribution >= 4 is 17.0 Å². The van der Waals surface area contributed by atoms with Crippen molar-refractivity contribution < 1.29 is 14.3 Å². The van der Waals surface area contributed by atoms with E-state index < -0.39 is 17.2 Å². The Labute approximate surface area is 137 Å². The van der Waals surface area contributed by atoms with Crippen LogP contribution in [-0.2, 0) is 16.0 Å². The Hall–Kier alpha value is -2.48. The summed E-state index contributed by atoms with van der Waals surface area (Å²) in [6, 6.07) is 1.41. The second kappa shape index (κ2) is 6.96. The van der Waals surface area contributed by atoms with Crippen LogP contribution < -0.4 is 11.2 Å². The van der Waals surface area contributed by atoms with Gasteiger partial charge in [-0.15, -0.1) is 0 Å². The van der Waals surface area contributed by atoms with Crippen LogP contribution in [0, 0.1) is 0 Å². The lowest BCUT2D eigenvalue weighted by atomic mass is 10.2. The van der Waals surface area contributed by atoms with Crippen molar-refractivity contribution in [1.29, 1.82) is 0 Å². The molecule has 0 amide bonds. The number of pyridine rings is 1. The molecular formula is C16H19N3O5. The number of hydrogen-bond acceptors (Lipinski definition) is 6. The third kappa shape index (κ3) is 3.23. The molecule has 2 aromatic heterocycles. The summed E-state index contributed by atoms with van der Waals surface area (Å²) in [7, 11) is 0. The van der Waals surface area contributed by atoms with E-state index in [1.54, 1.807) is 0 Å². The number of hydrogen-bond donors (Lipinski definition) is 1. The molecule has 0 saturated carbocycles. The molecule has 1 fully saturated rings. The van der Waals surface area contributed by atoms with Gasteiger partial charge in [0.15, 0.2) is 0 Å². The van der Waals surface area contributed by atoms with Crippen molar-refractivity contribution in [3.8, 4) is 0 Å². The predicted molar refractivity (Wildman–Crippen MR) is 86.2 cm³/mol. The van der Waals surface area contributed by atoms with Crippen LogP contribution in [0.3, 0.4) is 0 Å². The van der Waals surface area contributed by atoms with Crippen LogP contribution in [0.4, 0.5) is 0 Å². The molecule has 1 N–H and O–H groups in total. The Kier molecular flexibility index (Phi) is 4.75. The molecule has 2 aromatic rings. The Balaban J connectivity index is 1.89. The highest BCUT2D eigenvalue weighted by molar-refractivity contribution is 5.92. The lowest BCUT2D eigenvalue weighted by Gasteiger charge is -2.11. The number of aryl methyl sites for hydroxylation is 1. The van der Waals surface area contributed by atoms with E-state index in [9.17, 15) is 14.4 Å². The maximum Gasteiger partial charge on any atom is 0.339 e. The summed E-state index contributed by atoms with van der Waals surface area (Å²) >= 11 is 0. The van der Waals surface area contributed by atoms with Crippen LogP contribution in [0.25, 0.3) is 11.0 Å². The van der Waals surface area contributed by atoms with E-state index in [0.717, 1.165) is 12.8 Å². The van der Waals surface area contributed by atoms with Crippen molar-refractivity contribution in [3.05, 3.63) is 38.7 Å². The van der Waals surface area contributed by atoms with Gasteiger partial charge in [-0.3, -0.25) is 14.3 Å². The summed E-state index contributed by atoms with van der Waals surface area (Å²) in [6.07, 6.45) is 3.80. The lowest BCUT2D eigenvalue weighted by Crippen LogP contribution is -2.31. The van der Waals surface area contributed by atoms with Crippen LogP contribution in [0.15, 0.2) is 21.9 Å². The number of H-pyrrole nitrogens is 1. The lowest BCUT2D eigenvalue weighted by molar-refractivity contribution is 0.0161. The van der Waals surface area contributed by atoms with E-state index in [-0.39, 0.29) is 29.3 Å². The Morgan fingerprint density at radius 1 is 1.50 bits per heavy atom. The van der Waals surface area contributed by atoms with Crippen molar-refractivity contribution in [2.24, 2.45) is 0 Å². The molecule has 0 bridgehead atoms. The monoisotopic (exact) mass is 333 g/mol. The first-order valence-corrected chi connectivity index (χ1v) is 8.01. The minimum Gasteiger partial charge on any atom is -0.459 e. The van der Waals surface area contributed by atoms with E-state index in [0.29, 0.717) is 19.6 Å². The second-order valence-electron chi connectivity index (χ2n) is 5.74. The summed E-state index contributed by atoms with van der Waals surface area (Å²) in [4.78, 5) is 42.4. The summed E-state index contributed by atoms with van der Waals surface area (Å²) in [5, 5.41) is 0.189. The van der Waals surface area contributed by atoms with Crippen molar-refractivity contribution in [2.75, 3.05) is 13.2 Å². The van der Waals surface area contributed by atoms with Crippen molar-refractivity contribution in [2.45, 2.75) is 38.8 Å². The quantitative estimate of drug-likeness (QED) is 0.813. The molecule has 0 aromatic carbocycles. The fourth-order valence-corrected chi connectivity index (χ4v) is 2.74. The third-order valence-corrected chi connectivity index (χ3v) is 3.94. The largest absolute Gasteiger partial charge is 0.459 e. The van der Waals surface area contributed by atoms with Crippen LogP contribution in [0.2, 0.25) is 0 Å². The molecule has 1 saturated heterocycles. The SMILES string of the molecule is CCCn1c(=O)[nH]c(=O)c2cc(C(=O)OC[C@H]3CCCO3)cnc21. The normalized spacial score (nSPS) is 17.3. The van der Waals surface area contributed by atoms with Gasteiger partial charge in [-0.25, -0.2) is 14.6 Å². The van der Waals surface area contributed by atoms with Crippen LogP contribution in [0.1, 0.15) is 36.5 Å². The number of aromatic nitrogens is 3. The van der Waals surface area contributed by atoms with Crippen molar-refractivity contribution in [3.63, 3.8) is 0 Å². The van der Waals surface area contributed by atoms with E-state index in [4.69, 9.17) is 9.47 Å². The molecular weight excluding hydrogens is 314 g/mol. The number of fused-ring (bicyclic) bond motifs is 1. The van der Waals surface area contributed by atoms with Crippen LogP contribution in [-0.4, -0.2) is 39.8 Å². The number of aromatic amines is 1. The zero-order chi connectivity index (χ0) is 17.1. The first-order chi connectivity index (χ1) is 11.6. The number of carbonyl (C=O) groups is 1. The first kappa shape index (κ1) is 16.4. The molecule has 0 spiro atoms. The smallest absolute Gasteiger partial charge is 0.339 e. The average Bonchev–Trinajstić information content (AvgIpc) is 3.09. The number of rotatable bonds is 5. The minimum atomic E-state index is -0.566. The highest BCUT2D eigenvalue weighted by Crippen LogP contribution is 2.14. The molecule has 1 aliphatic heterocycles. The summed E-state index contributed by atoms with van der Waals surface area (Å²) in [5.41, 5.74) is -0.631. The number of carbonyl (C=O) groups excluding carboxylic acids is 1. The van der Waals surface area contributed by atoms with Gasteiger partial charge in [-0.1, -0.05) is 6.92 Å². The number of nitrogens with one attached hydrogen (secondary N) is 1. The van der Waals surface area contributed by atoms with Crippen LogP contribution in [0.5, 0.6) is 0 Å². The van der Waals surface area contributed by atoms with Gasteiger partial charge in [0.1, 0.15) is 12.3 Å². The topological polar surface area (TPSA) is 103 Å². The van der Waals surface area contributed by atoms with E-state index in [1.807, 2.05) is 6.92 Å². The van der Waals surface area contributed by atoms with E-state index >= 15 is 0 Å². The van der Waals surface area contributed by atoms with Gasteiger partial charge in [0.25, 0.3) is 5.56 Å². The predicted octanol–water partition coefficient (Wildman–Crippen LogP) is 0.831. The highest BCUT2D eigenvalue weighted by atomic mass is 16.6. The van der Waals surface area contributed by atoms with Gasteiger partial charge in [0.05, 0.1) is 17.1 Å². The maximum absolute atomic E-state index is 12.1. The molecule has 1 aliphatic rings. The van der Waals surface area contributed by atoms with Gasteiger partial charge in [0.2, 0.25) is 0 Å².